The normalized spacial score (nSPS) is 49.7. The van der Waals surface area contributed by atoms with E-state index in [-0.39, 0.29) is 24.4 Å². The SMILES string of the molecule is C=C1C(=O)OC2C1C(OC(=O)C1(C)OC1C)CC(C)(O)C1CC=C(C)C21. The van der Waals surface area contributed by atoms with Gasteiger partial charge in [-0.3, -0.25) is 0 Å². The van der Waals surface area contributed by atoms with Crippen molar-refractivity contribution >= 4 is 11.9 Å². The van der Waals surface area contributed by atoms with Gasteiger partial charge in [0.05, 0.1) is 17.6 Å². The fourth-order valence-corrected chi connectivity index (χ4v) is 4.98. The molecule has 3 fully saturated rings. The standard InChI is InChI=1S/C20H26O6/c1-9-6-7-12-14(9)16-15(10(2)17(21)25-16)13(8-19(12,4)23)24-18(22)20(5)11(3)26-20/h6,11-16,23H,2,7-8H2,1,3-5H3. The van der Waals surface area contributed by atoms with E-state index in [4.69, 9.17) is 14.2 Å². The molecule has 142 valence electrons. The zero-order chi connectivity index (χ0) is 19.0. The van der Waals surface area contributed by atoms with Crippen molar-refractivity contribution in [2.45, 2.75) is 70.1 Å². The molecule has 2 heterocycles. The van der Waals surface area contributed by atoms with Crippen LogP contribution in [-0.4, -0.2) is 46.6 Å². The number of carbonyl (C=O) groups is 2. The number of fused-ring (bicyclic) bond motifs is 3. The molecule has 1 saturated carbocycles. The van der Waals surface area contributed by atoms with Crippen molar-refractivity contribution in [3.63, 3.8) is 0 Å². The Bertz CT molecular complexity index is 722. The van der Waals surface area contributed by atoms with Crippen molar-refractivity contribution in [1.29, 1.82) is 0 Å². The van der Waals surface area contributed by atoms with Crippen molar-refractivity contribution < 1.29 is 28.9 Å². The highest BCUT2D eigenvalue weighted by Gasteiger charge is 2.61. The number of carbonyl (C=O) groups excluding carboxylic acids is 2. The Balaban J connectivity index is 1.69. The van der Waals surface area contributed by atoms with Crippen molar-refractivity contribution in [3.05, 3.63) is 23.8 Å². The van der Waals surface area contributed by atoms with Crippen molar-refractivity contribution in [2.24, 2.45) is 17.8 Å². The summed E-state index contributed by atoms with van der Waals surface area (Å²) in [4.78, 5) is 24.9. The van der Waals surface area contributed by atoms with Crippen molar-refractivity contribution in [2.75, 3.05) is 0 Å². The summed E-state index contributed by atoms with van der Waals surface area (Å²) in [6, 6.07) is 0. The molecule has 2 aliphatic heterocycles. The van der Waals surface area contributed by atoms with Crippen LogP contribution in [0.3, 0.4) is 0 Å². The lowest BCUT2D eigenvalue weighted by Crippen LogP contribution is -2.41. The number of allylic oxidation sites excluding steroid dienone is 1. The molecule has 0 aromatic rings. The van der Waals surface area contributed by atoms with Gasteiger partial charge in [0.15, 0.2) is 5.60 Å². The van der Waals surface area contributed by atoms with E-state index in [1.54, 1.807) is 13.8 Å². The van der Waals surface area contributed by atoms with Gasteiger partial charge in [0.1, 0.15) is 12.2 Å². The van der Waals surface area contributed by atoms with Gasteiger partial charge in [-0.15, -0.1) is 0 Å². The molecule has 8 atom stereocenters. The van der Waals surface area contributed by atoms with Gasteiger partial charge in [-0.2, -0.15) is 0 Å². The van der Waals surface area contributed by atoms with Crippen molar-refractivity contribution in [1.82, 2.24) is 0 Å². The summed E-state index contributed by atoms with van der Waals surface area (Å²) in [5, 5.41) is 11.2. The van der Waals surface area contributed by atoms with Gasteiger partial charge in [-0.25, -0.2) is 9.59 Å². The van der Waals surface area contributed by atoms with Gasteiger partial charge in [0.2, 0.25) is 0 Å². The molecule has 1 N–H and O–H groups in total. The first-order valence-electron chi connectivity index (χ1n) is 9.24. The molecule has 6 nitrogen and oxygen atoms in total. The maximum atomic E-state index is 12.6. The third-order valence-corrected chi connectivity index (χ3v) is 6.89. The number of esters is 2. The highest BCUT2D eigenvalue weighted by molar-refractivity contribution is 5.91. The van der Waals surface area contributed by atoms with Crippen LogP contribution in [0.25, 0.3) is 0 Å². The fourth-order valence-electron chi connectivity index (χ4n) is 4.98. The number of hydrogen-bond acceptors (Lipinski definition) is 6. The monoisotopic (exact) mass is 362 g/mol. The van der Waals surface area contributed by atoms with E-state index in [1.165, 1.54) is 0 Å². The summed E-state index contributed by atoms with van der Waals surface area (Å²) >= 11 is 0. The zero-order valence-corrected chi connectivity index (χ0v) is 15.7. The first kappa shape index (κ1) is 17.7. The van der Waals surface area contributed by atoms with Crippen LogP contribution in [0.1, 0.15) is 40.5 Å². The van der Waals surface area contributed by atoms with Crippen LogP contribution >= 0.6 is 0 Å². The minimum absolute atomic E-state index is 0.0795. The van der Waals surface area contributed by atoms with E-state index >= 15 is 0 Å². The molecule has 0 radical (unpaired) electrons. The van der Waals surface area contributed by atoms with E-state index in [0.717, 1.165) is 12.0 Å². The molecule has 0 amide bonds. The van der Waals surface area contributed by atoms with Gasteiger partial charge < -0.3 is 19.3 Å². The van der Waals surface area contributed by atoms with Gasteiger partial charge in [-0.1, -0.05) is 18.2 Å². The second-order valence-electron chi connectivity index (χ2n) is 8.61. The van der Waals surface area contributed by atoms with E-state index in [2.05, 4.69) is 12.7 Å². The maximum absolute atomic E-state index is 12.6. The molecule has 0 bridgehead atoms. The van der Waals surface area contributed by atoms with Gasteiger partial charge in [0, 0.05) is 23.8 Å². The largest absolute Gasteiger partial charge is 0.459 e. The molecule has 6 heteroatoms. The number of aliphatic hydroxyl groups is 1. The summed E-state index contributed by atoms with van der Waals surface area (Å²) in [6.07, 6.45) is 1.72. The predicted octanol–water partition coefficient (Wildman–Crippen LogP) is 1.91. The summed E-state index contributed by atoms with van der Waals surface area (Å²) in [5.41, 5.74) is -0.577. The Morgan fingerprint density at radius 1 is 1.38 bits per heavy atom. The lowest BCUT2D eigenvalue weighted by atomic mass is 9.76. The number of hydrogen-bond donors (Lipinski definition) is 1. The minimum atomic E-state index is -1.04. The molecule has 2 saturated heterocycles. The van der Waals surface area contributed by atoms with Crippen LogP contribution in [0.2, 0.25) is 0 Å². The molecule has 26 heavy (non-hydrogen) atoms. The smallest absolute Gasteiger partial charge is 0.341 e. The van der Waals surface area contributed by atoms with Crippen LogP contribution < -0.4 is 0 Å². The van der Waals surface area contributed by atoms with Crippen LogP contribution in [-0.2, 0) is 23.8 Å². The molecular weight excluding hydrogens is 336 g/mol. The highest BCUT2D eigenvalue weighted by Crippen LogP contribution is 2.53. The average molecular weight is 362 g/mol. The highest BCUT2D eigenvalue weighted by atomic mass is 16.7. The Labute approximate surface area is 153 Å². The number of rotatable bonds is 2. The Morgan fingerprint density at radius 2 is 2.04 bits per heavy atom. The van der Waals surface area contributed by atoms with E-state index < -0.39 is 41.3 Å². The molecule has 4 rings (SSSR count). The van der Waals surface area contributed by atoms with Gasteiger partial charge in [-0.05, 0) is 34.1 Å². The molecule has 0 aromatic heterocycles. The predicted molar refractivity (Wildman–Crippen MR) is 91.9 cm³/mol. The summed E-state index contributed by atoms with van der Waals surface area (Å²) in [5.74, 6) is -1.52. The summed E-state index contributed by atoms with van der Waals surface area (Å²) in [6.45, 7) is 11.2. The fraction of sp³-hybridized carbons (Fsp3) is 0.700. The van der Waals surface area contributed by atoms with E-state index in [9.17, 15) is 14.7 Å². The second-order valence-corrected chi connectivity index (χ2v) is 8.61. The first-order valence-corrected chi connectivity index (χ1v) is 9.24. The number of ether oxygens (including phenoxy) is 3. The lowest BCUT2D eigenvalue weighted by molar-refractivity contribution is -0.160. The second kappa shape index (κ2) is 5.42. The first-order chi connectivity index (χ1) is 12.1. The summed E-state index contributed by atoms with van der Waals surface area (Å²) in [7, 11) is 0. The van der Waals surface area contributed by atoms with Crippen LogP contribution in [0.15, 0.2) is 23.8 Å². The third-order valence-electron chi connectivity index (χ3n) is 6.89. The average Bonchev–Trinajstić information content (AvgIpc) is 2.87. The zero-order valence-electron chi connectivity index (χ0n) is 15.7. The molecule has 0 aromatic carbocycles. The molecule has 0 spiro atoms. The lowest BCUT2D eigenvalue weighted by Gasteiger charge is -2.34. The number of epoxide rings is 1. The van der Waals surface area contributed by atoms with Crippen molar-refractivity contribution in [3.8, 4) is 0 Å². The summed E-state index contributed by atoms with van der Waals surface area (Å²) < 4.78 is 16.8. The molecule has 8 unspecified atom stereocenters. The van der Waals surface area contributed by atoms with Crippen LogP contribution in [0.5, 0.6) is 0 Å². The minimum Gasteiger partial charge on any atom is -0.459 e. The third kappa shape index (κ3) is 2.38. The Kier molecular flexibility index (Phi) is 3.70. The molecular formula is C20H26O6. The van der Waals surface area contributed by atoms with Gasteiger partial charge in [0.25, 0.3) is 0 Å². The van der Waals surface area contributed by atoms with Crippen LogP contribution in [0, 0.1) is 17.8 Å². The molecule has 4 aliphatic rings. The molecule has 2 aliphatic carbocycles. The van der Waals surface area contributed by atoms with Crippen LogP contribution in [0.4, 0.5) is 0 Å². The topological polar surface area (TPSA) is 85.4 Å². The van der Waals surface area contributed by atoms with E-state index in [1.807, 2.05) is 13.8 Å². The maximum Gasteiger partial charge on any atom is 0.341 e. The van der Waals surface area contributed by atoms with E-state index in [0.29, 0.717) is 5.57 Å². The Morgan fingerprint density at radius 3 is 2.65 bits per heavy atom. The van der Waals surface area contributed by atoms with Gasteiger partial charge >= 0.3 is 11.9 Å². The quantitative estimate of drug-likeness (QED) is 0.350. The Hall–Kier alpha value is -1.66.